The van der Waals surface area contributed by atoms with Gasteiger partial charge in [-0.25, -0.2) is 0 Å². The molecule has 1 aromatic heterocycles. The largest absolute Gasteiger partial charge is 0.393 e. The average Bonchev–Trinajstić information content (AvgIpc) is 2.15. The average molecular weight is 236 g/mol. The zero-order valence-electron chi connectivity index (χ0n) is 5.13. The molecule has 0 aliphatic carbocycles. The van der Waals surface area contributed by atoms with Crippen molar-refractivity contribution in [2.24, 2.45) is 5.73 Å². The Balaban J connectivity index is 2.74. The maximum absolute atomic E-state index is 5.37. The van der Waals surface area contributed by atoms with Crippen LogP contribution in [0.2, 0.25) is 0 Å². The molecule has 0 fully saturated rings. The predicted octanol–water partition coefficient (Wildman–Crippen LogP) is 2.34. The van der Waals surface area contributed by atoms with Gasteiger partial charge in [-0.05, 0) is 27.4 Å². The molecule has 1 rings (SSSR count). The number of thiocarbonyl (C=S) groups is 1. The molecule has 10 heavy (non-hydrogen) atoms. The molecule has 1 aromatic rings. The molecule has 0 saturated carbocycles. The van der Waals surface area contributed by atoms with E-state index in [-0.39, 0.29) is 0 Å². The molecular weight excluding hydrogens is 230 g/mol. The van der Waals surface area contributed by atoms with Gasteiger partial charge in [-0.3, -0.25) is 0 Å². The van der Waals surface area contributed by atoms with Crippen LogP contribution in [0.15, 0.2) is 15.9 Å². The van der Waals surface area contributed by atoms with Gasteiger partial charge in [0.1, 0.15) is 0 Å². The molecule has 4 heteroatoms. The molecule has 0 aliphatic rings. The van der Waals surface area contributed by atoms with E-state index in [2.05, 4.69) is 15.9 Å². The Morgan fingerprint density at radius 2 is 2.50 bits per heavy atom. The van der Waals surface area contributed by atoms with Gasteiger partial charge < -0.3 is 5.73 Å². The number of hydrogen-bond donors (Lipinski definition) is 1. The van der Waals surface area contributed by atoms with Crippen LogP contribution in [0.1, 0.15) is 4.88 Å². The summed E-state index contributed by atoms with van der Waals surface area (Å²) in [4.78, 5) is 1.75. The van der Waals surface area contributed by atoms with Gasteiger partial charge in [-0.2, -0.15) is 0 Å². The molecule has 0 unspecified atom stereocenters. The highest BCUT2D eigenvalue weighted by molar-refractivity contribution is 9.10. The monoisotopic (exact) mass is 235 g/mol. The highest BCUT2D eigenvalue weighted by atomic mass is 79.9. The van der Waals surface area contributed by atoms with Gasteiger partial charge in [0.05, 0.1) is 4.99 Å². The number of rotatable bonds is 2. The van der Waals surface area contributed by atoms with E-state index in [0.29, 0.717) is 11.4 Å². The van der Waals surface area contributed by atoms with Crippen LogP contribution >= 0.6 is 39.5 Å². The van der Waals surface area contributed by atoms with Crippen molar-refractivity contribution in [2.75, 3.05) is 0 Å². The maximum Gasteiger partial charge on any atom is 0.0780 e. The predicted molar refractivity (Wildman–Crippen MR) is 52.5 cm³/mol. The first-order valence-corrected chi connectivity index (χ1v) is 4.78. The fraction of sp³-hybridized carbons (Fsp3) is 0.167. The summed E-state index contributed by atoms with van der Waals surface area (Å²) in [7, 11) is 0. The number of thiophene rings is 1. The summed E-state index contributed by atoms with van der Waals surface area (Å²) in [6.07, 6.45) is 0.702. The van der Waals surface area contributed by atoms with Crippen LogP contribution in [-0.4, -0.2) is 4.99 Å². The summed E-state index contributed by atoms with van der Waals surface area (Å²) in [5.74, 6) is 0. The van der Waals surface area contributed by atoms with E-state index in [1.807, 2.05) is 11.4 Å². The molecule has 0 bridgehead atoms. The summed E-state index contributed by atoms with van der Waals surface area (Å²) in [5, 5.41) is 2.01. The fourth-order valence-corrected chi connectivity index (χ4v) is 2.36. The molecule has 2 N–H and O–H groups in total. The molecule has 0 amide bonds. The molecular formula is C6H6BrNS2. The van der Waals surface area contributed by atoms with Crippen molar-refractivity contribution in [3.05, 3.63) is 20.8 Å². The normalized spacial score (nSPS) is 9.70. The zero-order valence-corrected chi connectivity index (χ0v) is 8.35. The second-order valence-corrected chi connectivity index (χ2v) is 4.21. The smallest absolute Gasteiger partial charge is 0.0780 e. The van der Waals surface area contributed by atoms with Crippen LogP contribution in [-0.2, 0) is 6.42 Å². The van der Waals surface area contributed by atoms with E-state index in [1.54, 1.807) is 11.3 Å². The number of nitrogens with two attached hydrogens (primary N) is 1. The molecule has 54 valence electrons. The Morgan fingerprint density at radius 3 is 2.90 bits per heavy atom. The van der Waals surface area contributed by atoms with Gasteiger partial charge in [0.25, 0.3) is 0 Å². The Morgan fingerprint density at radius 1 is 1.80 bits per heavy atom. The van der Waals surface area contributed by atoms with Gasteiger partial charge in [-0.15, -0.1) is 11.3 Å². The SMILES string of the molecule is NC(=S)Cc1sccc1Br. The van der Waals surface area contributed by atoms with Gasteiger partial charge in [-0.1, -0.05) is 12.2 Å². The second-order valence-electron chi connectivity index (χ2n) is 1.83. The minimum atomic E-state index is 0.545. The van der Waals surface area contributed by atoms with Crippen LogP contribution < -0.4 is 5.73 Å². The molecule has 0 saturated heterocycles. The van der Waals surface area contributed by atoms with Gasteiger partial charge in [0.2, 0.25) is 0 Å². The lowest BCUT2D eigenvalue weighted by atomic mass is 10.3. The lowest BCUT2D eigenvalue weighted by Gasteiger charge is -1.93. The Kier molecular flexibility index (Phi) is 2.82. The van der Waals surface area contributed by atoms with E-state index >= 15 is 0 Å². The van der Waals surface area contributed by atoms with E-state index in [0.717, 1.165) is 4.47 Å². The molecule has 0 spiro atoms. The van der Waals surface area contributed by atoms with Crippen molar-refractivity contribution in [3.8, 4) is 0 Å². The van der Waals surface area contributed by atoms with Gasteiger partial charge >= 0.3 is 0 Å². The van der Waals surface area contributed by atoms with Crippen LogP contribution in [0.25, 0.3) is 0 Å². The highest BCUT2D eigenvalue weighted by Gasteiger charge is 2.00. The molecule has 0 radical (unpaired) electrons. The third-order valence-corrected chi connectivity index (χ3v) is 3.10. The third kappa shape index (κ3) is 2.04. The molecule has 1 nitrogen and oxygen atoms in total. The van der Waals surface area contributed by atoms with Gasteiger partial charge in [0.15, 0.2) is 0 Å². The van der Waals surface area contributed by atoms with E-state index in [9.17, 15) is 0 Å². The van der Waals surface area contributed by atoms with Crippen LogP contribution in [0.5, 0.6) is 0 Å². The standard InChI is InChI=1S/C6H6BrNS2/c7-4-1-2-10-5(4)3-6(8)9/h1-2H,3H2,(H2,8,9). The first-order chi connectivity index (χ1) is 4.70. The lowest BCUT2D eigenvalue weighted by Crippen LogP contribution is -2.10. The molecule has 0 aliphatic heterocycles. The van der Waals surface area contributed by atoms with Gasteiger partial charge in [0, 0.05) is 15.8 Å². The van der Waals surface area contributed by atoms with Crippen LogP contribution in [0.4, 0.5) is 0 Å². The number of halogens is 1. The Labute approximate surface area is 77.4 Å². The summed E-state index contributed by atoms with van der Waals surface area (Å²) >= 11 is 9.82. The second kappa shape index (κ2) is 3.46. The van der Waals surface area contributed by atoms with Crippen molar-refractivity contribution in [3.63, 3.8) is 0 Å². The van der Waals surface area contributed by atoms with Crippen LogP contribution in [0, 0.1) is 0 Å². The lowest BCUT2D eigenvalue weighted by molar-refractivity contribution is 1.39. The molecule has 1 heterocycles. The van der Waals surface area contributed by atoms with Crippen molar-refractivity contribution < 1.29 is 0 Å². The fourth-order valence-electron chi connectivity index (χ4n) is 0.609. The number of hydrogen-bond acceptors (Lipinski definition) is 2. The maximum atomic E-state index is 5.37. The van der Waals surface area contributed by atoms with Crippen LogP contribution in [0.3, 0.4) is 0 Å². The minimum Gasteiger partial charge on any atom is -0.393 e. The van der Waals surface area contributed by atoms with Crippen molar-refractivity contribution in [2.45, 2.75) is 6.42 Å². The summed E-state index contributed by atoms with van der Waals surface area (Å²) in [5.41, 5.74) is 5.37. The molecule has 0 aromatic carbocycles. The highest BCUT2D eigenvalue weighted by Crippen LogP contribution is 2.22. The van der Waals surface area contributed by atoms with E-state index in [1.165, 1.54) is 4.88 Å². The summed E-state index contributed by atoms with van der Waals surface area (Å²) < 4.78 is 1.10. The topological polar surface area (TPSA) is 26.0 Å². The molecule has 0 atom stereocenters. The summed E-state index contributed by atoms with van der Waals surface area (Å²) in [6.45, 7) is 0. The first-order valence-electron chi connectivity index (χ1n) is 2.70. The quantitative estimate of drug-likeness (QED) is 0.797. The Bertz CT molecular complexity index is 244. The van der Waals surface area contributed by atoms with E-state index in [4.69, 9.17) is 18.0 Å². The van der Waals surface area contributed by atoms with Crippen molar-refractivity contribution in [1.82, 2.24) is 0 Å². The zero-order chi connectivity index (χ0) is 7.56. The van der Waals surface area contributed by atoms with E-state index < -0.39 is 0 Å². The Hall–Kier alpha value is 0.0700. The van der Waals surface area contributed by atoms with Crippen molar-refractivity contribution in [1.29, 1.82) is 0 Å². The summed E-state index contributed by atoms with van der Waals surface area (Å²) in [6, 6.07) is 2.00. The third-order valence-electron chi connectivity index (χ3n) is 1.03. The van der Waals surface area contributed by atoms with Crippen molar-refractivity contribution >= 4 is 44.5 Å². The first kappa shape index (κ1) is 8.17. The minimum absolute atomic E-state index is 0.545.